The quantitative estimate of drug-likeness (QED) is 0.484. The van der Waals surface area contributed by atoms with E-state index in [0.717, 1.165) is 35.8 Å². The lowest BCUT2D eigenvalue weighted by molar-refractivity contribution is -0.0328. The van der Waals surface area contributed by atoms with E-state index in [4.69, 9.17) is 0 Å². The Labute approximate surface area is 187 Å². The van der Waals surface area contributed by atoms with Crippen LogP contribution in [0.25, 0.3) is 5.69 Å². The van der Waals surface area contributed by atoms with Crippen LogP contribution in [0.2, 0.25) is 0 Å². The third kappa shape index (κ3) is 4.57. The number of aromatic nitrogens is 3. The number of imidazole rings is 1. The van der Waals surface area contributed by atoms with Gasteiger partial charge in [0.25, 0.3) is 0 Å². The monoisotopic (exact) mass is 463 g/mol. The fourth-order valence-corrected chi connectivity index (χ4v) is 5.15. The van der Waals surface area contributed by atoms with Crippen molar-refractivity contribution in [3.05, 3.63) is 70.5 Å². The molecule has 9 heteroatoms. The third-order valence-electron chi connectivity index (χ3n) is 6.04. The molecule has 0 amide bonds. The lowest BCUT2D eigenvalue weighted by atomic mass is 9.81. The Balaban J connectivity index is 1.78. The summed E-state index contributed by atoms with van der Waals surface area (Å²) in [5.41, 5.74) is -3.11. The van der Waals surface area contributed by atoms with E-state index in [-0.39, 0.29) is 34.5 Å². The first-order valence-corrected chi connectivity index (χ1v) is 11.4. The first-order valence-electron chi connectivity index (χ1n) is 10.5. The molecular formula is C23H24F3N3O2S. The number of benzene rings is 1. The molecule has 0 radical (unpaired) electrons. The molecule has 1 saturated carbocycles. The molecular weight excluding hydrogens is 439 g/mol. The summed E-state index contributed by atoms with van der Waals surface area (Å²) in [5, 5.41) is 10.8. The molecule has 32 heavy (non-hydrogen) atoms. The second-order valence-corrected chi connectivity index (χ2v) is 9.20. The Bertz CT molecular complexity index is 1120. The van der Waals surface area contributed by atoms with Crippen LogP contribution in [0.3, 0.4) is 0 Å². The van der Waals surface area contributed by atoms with Gasteiger partial charge in [0.2, 0.25) is 5.88 Å². The fraction of sp³-hybridized carbons (Fsp3) is 0.391. The highest BCUT2D eigenvalue weighted by atomic mass is 32.2. The highest BCUT2D eigenvalue weighted by Gasteiger charge is 2.32. The number of pyridine rings is 1. The van der Waals surface area contributed by atoms with Crippen molar-refractivity contribution >= 4 is 11.8 Å². The third-order valence-corrected chi connectivity index (χ3v) is 6.78. The number of halogens is 3. The normalized spacial score (nSPS) is 16.2. The zero-order chi connectivity index (χ0) is 22.9. The Hall–Kier alpha value is -2.68. The molecule has 1 fully saturated rings. The minimum absolute atomic E-state index is 0.0156. The van der Waals surface area contributed by atoms with Crippen molar-refractivity contribution in [2.24, 2.45) is 5.92 Å². The van der Waals surface area contributed by atoms with Crippen molar-refractivity contribution < 1.29 is 18.3 Å². The highest BCUT2D eigenvalue weighted by molar-refractivity contribution is 8.00. The molecule has 1 N–H and O–H groups in total. The first kappa shape index (κ1) is 22.5. The van der Waals surface area contributed by atoms with Gasteiger partial charge in [-0.25, -0.2) is 9.36 Å². The van der Waals surface area contributed by atoms with E-state index >= 15 is 0 Å². The van der Waals surface area contributed by atoms with Gasteiger partial charge in [0.1, 0.15) is 0 Å². The van der Waals surface area contributed by atoms with E-state index < -0.39 is 11.2 Å². The summed E-state index contributed by atoms with van der Waals surface area (Å²) in [4.78, 5) is 17.7. The van der Waals surface area contributed by atoms with E-state index in [1.807, 2.05) is 12.1 Å². The van der Waals surface area contributed by atoms with Crippen molar-refractivity contribution in [1.29, 1.82) is 0 Å². The van der Waals surface area contributed by atoms with Crippen LogP contribution in [0.5, 0.6) is 5.88 Å². The number of thioether (sulfide) groups is 1. The SMILES string of the molecule is Cc1c(O)n(-c2ccc(SC(F)(F)F)cc2)c(=O)n1C(c1ccncc1)C1CCCCC1. The number of rotatable bonds is 5. The molecule has 0 saturated heterocycles. The summed E-state index contributed by atoms with van der Waals surface area (Å²) in [6.07, 6.45) is 8.69. The zero-order valence-corrected chi connectivity index (χ0v) is 18.4. The Morgan fingerprint density at radius 3 is 2.28 bits per heavy atom. The molecule has 0 aliphatic heterocycles. The van der Waals surface area contributed by atoms with Crippen LogP contribution in [0.4, 0.5) is 13.2 Å². The number of aromatic hydroxyl groups is 1. The van der Waals surface area contributed by atoms with Gasteiger partial charge in [0.05, 0.1) is 17.4 Å². The molecule has 1 atom stereocenters. The van der Waals surface area contributed by atoms with Gasteiger partial charge >= 0.3 is 11.2 Å². The van der Waals surface area contributed by atoms with Crippen LogP contribution in [-0.2, 0) is 0 Å². The number of alkyl halides is 3. The maximum atomic E-state index is 13.5. The molecule has 170 valence electrons. The summed E-state index contributed by atoms with van der Waals surface area (Å²) in [7, 11) is 0. The second-order valence-electron chi connectivity index (χ2n) is 8.06. The topological polar surface area (TPSA) is 60.1 Å². The Kier molecular flexibility index (Phi) is 6.37. The number of hydrogen-bond donors (Lipinski definition) is 1. The summed E-state index contributed by atoms with van der Waals surface area (Å²) in [6.45, 7) is 1.69. The largest absolute Gasteiger partial charge is 0.493 e. The predicted octanol–water partition coefficient (Wildman–Crippen LogP) is 5.83. The predicted molar refractivity (Wildman–Crippen MR) is 117 cm³/mol. The first-order chi connectivity index (χ1) is 15.3. The van der Waals surface area contributed by atoms with Gasteiger partial charge in [-0.15, -0.1) is 0 Å². The smallest absolute Gasteiger partial charge is 0.446 e. The summed E-state index contributed by atoms with van der Waals surface area (Å²) >= 11 is -0.219. The van der Waals surface area contributed by atoms with Gasteiger partial charge in [-0.2, -0.15) is 13.2 Å². The lowest BCUT2D eigenvalue weighted by Crippen LogP contribution is -2.33. The summed E-state index contributed by atoms with van der Waals surface area (Å²) in [5.74, 6) is 0.0319. The van der Waals surface area contributed by atoms with E-state index in [2.05, 4.69) is 4.98 Å². The van der Waals surface area contributed by atoms with Crippen molar-refractivity contribution in [2.45, 2.75) is 55.5 Å². The highest BCUT2D eigenvalue weighted by Crippen LogP contribution is 2.39. The molecule has 0 spiro atoms. The molecule has 4 rings (SSSR count). The molecule has 1 unspecified atom stereocenters. The van der Waals surface area contributed by atoms with Crippen molar-refractivity contribution in [1.82, 2.24) is 14.1 Å². The van der Waals surface area contributed by atoms with Crippen LogP contribution < -0.4 is 5.69 Å². The molecule has 1 aliphatic carbocycles. The average Bonchev–Trinajstić information content (AvgIpc) is 2.99. The molecule has 2 aromatic heterocycles. The van der Waals surface area contributed by atoms with Crippen LogP contribution in [0, 0.1) is 12.8 Å². The standard InChI is InChI=1S/C23H24F3N3O2S/c1-15-21(30)29(18-7-9-19(10-8-18)32-23(24,25)26)22(31)28(15)20(16-5-3-2-4-6-16)17-11-13-27-14-12-17/h7-14,16,20,30H,2-6H2,1H3. The maximum Gasteiger partial charge on any atom is 0.446 e. The molecule has 3 aromatic rings. The Morgan fingerprint density at radius 2 is 1.69 bits per heavy atom. The van der Waals surface area contributed by atoms with Gasteiger partial charge in [-0.1, -0.05) is 19.3 Å². The van der Waals surface area contributed by atoms with Crippen molar-refractivity contribution in [2.75, 3.05) is 0 Å². The molecule has 2 heterocycles. The van der Waals surface area contributed by atoms with E-state index in [9.17, 15) is 23.1 Å². The molecule has 5 nitrogen and oxygen atoms in total. The number of hydrogen-bond acceptors (Lipinski definition) is 4. The van der Waals surface area contributed by atoms with E-state index in [1.165, 1.54) is 30.7 Å². The minimum atomic E-state index is -4.39. The minimum Gasteiger partial charge on any atom is -0.493 e. The Morgan fingerprint density at radius 1 is 1.06 bits per heavy atom. The van der Waals surface area contributed by atoms with E-state index in [0.29, 0.717) is 11.4 Å². The second kappa shape index (κ2) is 9.05. The van der Waals surface area contributed by atoms with Crippen molar-refractivity contribution in [3.8, 4) is 11.6 Å². The van der Waals surface area contributed by atoms with Crippen LogP contribution in [0.15, 0.2) is 58.5 Å². The fourth-order valence-electron chi connectivity index (χ4n) is 4.61. The maximum absolute atomic E-state index is 13.5. The summed E-state index contributed by atoms with van der Waals surface area (Å²) < 4.78 is 40.7. The zero-order valence-electron chi connectivity index (χ0n) is 17.5. The summed E-state index contributed by atoms with van der Waals surface area (Å²) in [6, 6.07) is 8.96. The van der Waals surface area contributed by atoms with Gasteiger partial charge < -0.3 is 5.11 Å². The van der Waals surface area contributed by atoms with Gasteiger partial charge in [-0.3, -0.25) is 9.55 Å². The van der Waals surface area contributed by atoms with Gasteiger partial charge in [0.15, 0.2) is 0 Å². The number of nitrogens with zero attached hydrogens (tertiary/aromatic N) is 3. The van der Waals surface area contributed by atoms with Crippen molar-refractivity contribution in [3.63, 3.8) is 0 Å². The van der Waals surface area contributed by atoms with Crippen LogP contribution in [-0.4, -0.2) is 24.7 Å². The van der Waals surface area contributed by atoms with Crippen LogP contribution >= 0.6 is 11.8 Å². The molecule has 0 bridgehead atoms. The average molecular weight is 464 g/mol. The lowest BCUT2D eigenvalue weighted by Gasteiger charge is -2.31. The van der Waals surface area contributed by atoms with Gasteiger partial charge in [0, 0.05) is 17.3 Å². The van der Waals surface area contributed by atoms with Gasteiger partial charge in [-0.05, 0) is 79.4 Å². The van der Waals surface area contributed by atoms with E-state index in [1.54, 1.807) is 23.9 Å². The molecule has 1 aromatic carbocycles. The molecule has 1 aliphatic rings. The van der Waals surface area contributed by atoms with Crippen LogP contribution in [0.1, 0.15) is 49.4 Å².